The van der Waals surface area contributed by atoms with E-state index in [0.717, 1.165) is 24.5 Å². The predicted octanol–water partition coefficient (Wildman–Crippen LogP) is 1.79. The summed E-state index contributed by atoms with van der Waals surface area (Å²) in [5, 5.41) is 4.90. The highest BCUT2D eigenvalue weighted by molar-refractivity contribution is 7.89. The van der Waals surface area contributed by atoms with Gasteiger partial charge >= 0.3 is 0 Å². The van der Waals surface area contributed by atoms with Gasteiger partial charge in [0.15, 0.2) is 5.82 Å². The van der Waals surface area contributed by atoms with Gasteiger partial charge in [-0.25, -0.2) is 22.8 Å². The molecule has 1 aromatic carbocycles. The molecule has 0 unspecified atom stereocenters. The Bertz CT molecular complexity index is 771. The van der Waals surface area contributed by atoms with Crippen molar-refractivity contribution in [3.63, 3.8) is 0 Å². The van der Waals surface area contributed by atoms with Gasteiger partial charge < -0.3 is 0 Å². The van der Waals surface area contributed by atoms with Crippen molar-refractivity contribution in [2.24, 2.45) is 0 Å². The van der Waals surface area contributed by atoms with Gasteiger partial charge in [0.05, 0.1) is 11.4 Å². The minimum Gasteiger partial charge on any atom is -0.248 e. The number of aromatic nitrogens is 3. The second-order valence-electron chi connectivity index (χ2n) is 5.29. The Morgan fingerprint density at radius 2 is 2.09 bits per heavy atom. The highest BCUT2D eigenvalue weighted by atomic mass is 35.5. The van der Waals surface area contributed by atoms with Crippen LogP contribution in [0.1, 0.15) is 25.0 Å². The summed E-state index contributed by atoms with van der Waals surface area (Å²) >= 11 is 5.79. The molecule has 1 N–H and O–H groups in total. The van der Waals surface area contributed by atoms with Gasteiger partial charge in [-0.2, -0.15) is 5.10 Å². The molecule has 2 heterocycles. The van der Waals surface area contributed by atoms with Crippen molar-refractivity contribution in [3.05, 3.63) is 40.9 Å². The van der Waals surface area contributed by atoms with Crippen LogP contribution in [0.2, 0.25) is 5.02 Å². The molecule has 1 atom stereocenters. The lowest BCUT2D eigenvalue weighted by atomic mass is 10.1. The van der Waals surface area contributed by atoms with Crippen LogP contribution in [0.5, 0.6) is 0 Å². The van der Waals surface area contributed by atoms with E-state index in [1.807, 2.05) is 6.92 Å². The van der Waals surface area contributed by atoms with Crippen LogP contribution < -0.4 is 4.72 Å². The number of hydrogen-bond donors (Lipinski definition) is 1. The maximum Gasteiger partial charge on any atom is 0.240 e. The molecule has 1 aliphatic heterocycles. The number of aryl methyl sites for hydroxylation is 2. The number of nitrogens with zero attached hydrogens (tertiary/aromatic N) is 3. The van der Waals surface area contributed by atoms with Gasteiger partial charge in [0.25, 0.3) is 0 Å². The topological polar surface area (TPSA) is 76.9 Å². The number of fused-ring (bicyclic) bond motifs is 1. The van der Waals surface area contributed by atoms with E-state index in [1.165, 1.54) is 12.1 Å². The van der Waals surface area contributed by atoms with Crippen LogP contribution in [0.15, 0.2) is 29.2 Å². The molecule has 0 radical (unpaired) electrons. The Balaban J connectivity index is 1.75. The van der Waals surface area contributed by atoms with Gasteiger partial charge in [-0.05, 0) is 30.7 Å². The Morgan fingerprint density at radius 1 is 1.36 bits per heavy atom. The highest BCUT2D eigenvalue weighted by Crippen LogP contribution is 2.18. The summed E-state index contributed by atoms with van der Waals surface area (Å²) in [6.45, 7) is 2.51. The van der Waals surface area contributed by atoms with E-state index in [0.29, 0.717) is 18.0 Å². The Labute approximate surface area is 134 Å². The summed E-state index contributed by atoms with van der Waals surface area (Å²) in [4.78, 5) is 4.65. The first-order valence-corrected chi connectivity index (χ1v) is 9.04. The number of nitrogens with one attached hydrogen (secondary N) is 1. The van der Waals surface area contributed by atoms with E-state index >= 15 is 0 Å². The van der Waals surface area contributed by atoms with E-state index in [9.17, 15) is 8.42 Å². The molecule has 0 spiro atoms. The third-order valence-electron chi connectivity index (χ3n) is 3.66. The van der Waals surface area contributed by atoms with Crippen LogP contribution >= 0.6 is 11.6 Å². The van der Waals surface area contributed by atoms with Crippen LogP contribution in [0.25, 0.3) is 0 Å². The first kappa shape index (κ1) is 15.5. The van der Waals surface area contributed by atoms with Crippen molar-refractivity contribution in [2.45, 2.75) is 43.7 Å². The zero-order valence-electron chi connectivity index (χ0n) is 12.2. The molecular formula is C14H17ClN4O2S. The molecule has 1 aliphatic rings. The minimum absolute atomic E-state index is 0.181. The molecule has 0 saturated carbocycles. The van der Waals surface area contributed by atoms with Gasteiger partial charge in [0, 0.05) is 23.9 Å². The van der Waals surface area contributed by atoms with Crippen molar-refractivity contribution in [1.82, 2.24) is 19.5 Å². The maximum absolute atomic E-state index is 12.4. The Hall–Kier alpha value is -1.44. The number of rotatable bonds is 4. The lowest BCUT2D eigenvalue weighted by molar-refractivity contribution is 0.394. The predicted molar refractivity (Wildman–Crippen MR) is 83.3 cm³/mol. The normalized spacial score (nSPS) is 18.2. The Morgan fingerprint density at radius 3 is 2.77 bits per heavy atom. The zero-order valence-corrected chi connectivity index (χ0v) is 13.7. The van der Waals surface area contributed by atoms with Gasteiger partial charge in [0.2, 0.25) is 10.0 Å². The molecule has 8 heteroatoms. The summed E-state index contributed by atoms with van der Waals surface area (Å²) in [5.41, 5.74) is 0. The highest BCUT2D eigenvalue weighted by Gasteiger charge is 2.26. The standard InChI is InChI=1S/C14H17ClN4O2S/c1-2-13-16-14-8-5-11(9-19(14)17-13)18-22(20,21)12-6-3-10(15)4-7-12/h3-4,6-7,11,18H,2,5,8-9H2,1H3/t11-/m1/s1. The van der Waals surface area contributed by atoms with Crippen LogP contribution in [-0.4, -0.2) is 29.2 Å². The zero-order chi connectivity index (χ0) is 15.7. The molecule has 0 bridgehead atoms. The van der Waals surface area contributed by atoms with Crippen LogP contribution in [0.3, 0.4) is 0 Å². The summed E-state index contributed by atoms with van der Waals surface area (Å²) in [6.07, 6.45) is 2.22. The lowest BCUT2D eigenvalue weighted by Crippen LogP contribution is -2.41. The fourth-order valence-electron chi connectivity index (χ4n) is 2.51. The van der Waals surface area contributed by atoms with Crippen molar-refractivity contribution in [3.8, 4) is 0 Å². The molecule has 3 rings (SSSR count). The smallest absolute Gasteiger partial charge is 0.240 e. The monoisotopic (exact) mass is 340 g/mol. The average molecular weight is 341 g/mol. The molecule has 0 saturated heterocycles. The van der Waals surface area contributed by atoms with Crippen LogP contribution in [-0.2, 0) is 29.4 Å². The van der Waals surface area contributed by atoms with E-state index in [2.05, 4.69) is 14.8 Å². The third kappa shape index (κ3) is 3.16. The molecule has 6 nitrogen and oxygen atoms in total. The molecular weight excluding hydrogens is 324 g/mol. The second kappa shape index (κ2) is 5.98. The number of sulfonamides is 1. The number of halogens is 1. The van der Waals surface area contributed by atoms with Crippen molar-refractivity contribution in [2.75, 3.05) is 0 Å². The molecule has 118 valence electrons. The summed E-state index contributed by atoms with van der Waals surface area (Å²) in [5.74, 6) is 1.73. The molecule has 0 aliphatic carbocycles. The van der Waals surface area contributed by atoms with E-state index in [-0.39, 0.29) is 10.9 Å². The van der Waals surface area contributed by atoms with Crippen molar-refractivity contribution >= 4 is 21.6 Å². The quantitative estimate of drug-likeness (QED) is 0.920. The number of benzene rings is 1. The molecule has 22 heavy (non-hydrogen) atoms. The van der Waals surface area contributed by atoms with Gasteiger partial charge in [-0.15, -0.1) is 0 Å². The molecule has 2 aromatic rings. The fraction of sp³-hybridized carbons (Fsp3) is 0.429. The first-order chi connectivity index (χ1) is 10.5. The average Bonchev–Trinajstić information content (AvgIpc) is 2.89. The van der Waals surface area contributed by atoms with Gasteiger partial charge in [0.1, 0.15) is 5.82 Å². The largest absolute Gasteiger partial charge is 0.248 e. The van der Waals surface area contributed by atoms with Crippen molar-refractivity contribution in [1.29, 1.82) is 0 Å². The summed E-state index contributed by atoms with van der Waals surface area (Å²) < 4.78 is 29.3. The summed E-state index contributed by atoms with van der Waals surface area (Å²) in [7, 11) is -3.55. The van der Waals surface area contributed by atoms with Gasteiger partial charge in [-0.1, -0.05) is 18.5 Å². The maximum atomic E-state index is 12.4. The minimum atomic E-state index is -3.55. The van der Waals surface area contributed by atoms with E-state index < -0.39 is 10.0 Å². The molecule has 0 fully saturated rings. The third-order valence-corrected chi connectivity index (χ3v) is 5.45. The SMILES string of the molecule is CCc1nc2n(n1)C[C@H](NS(=O)(=O)c1ccc(Cl)cc1)CC2. The van der Waals surface area contributed by atoms with Crippen LogP contribution in [0.4, 0.5) is 0 Å². The van der Waals surface area contributed by atoms with Gasteiger partial charge in [-0.3, -0.25) is 0 Å². The second-order valence-corrected chi connectivity index (χ2v) is 7.44. The summed E-state index contributed by atoms with van der Waals surface area (Å²) in [6, 6.07) is 5.97. The number of hydrogen-bond acceptors (Lipinski definition) is 4. The van der Waals surface area contributed by atoms with Crippen LogP contribution in [0, 0.1) is 0 Å². The molecule has 0 amide bonds. The first-order valence-electron chi connectivity index (χ1n) is 7.18. The lowest BCUT2D eigenvalue weighted by Gasteiger charge is -2.23. The van der Waals surface area contributed by atoms with E-state index in [1.54, 1.807) is 16.8 Å². The fourth-order valence-corrected chi connectivity index (χ4v) is 3.90. The Kier molecular flexibility index (Phi) is 4.20. The van der Waals surface area contributed by atoms with Crippen molar-refractivity contribution < 1.29 is 8.42 Å². The van der Waals surface area contributed by atoms with E-state index in [4.69, 9.17) is 11.6 Å². The molecule has 1 aromatic heterocycles.